The molecule has 0 amide bonds. The Morgan fingerprint density at radius 1 is 1.33 bits per heavy atom. The largest absolute Gasteiger partial charge is 0.308 e. The van der Waals surface area contributed by atoms with Crippen molar-refractivity contribution in [3.63, 3.8) is 0 Å². The molecule has 0 spiro atoms. The number of aromatic nitrogens is 2. The second kappa shape index (κ2) is 6.20. The van der Waals surface area contributed by atoms with E-state index in [1.807, 2.05) is 18.7 Å². The van der Waals surface area contributed by atoms with Crippen LogP contribution in [0.25, 0.3) is 0 Å². The highest BCUT2D eigenvalue weighted by Crippen LogP contribution is 2.27. The van der Waals surface area contributed by atoms with E-state index in [1.54, 1.807) is 0 Å². The molecule has 0 radical (unpaired) electrons. The number of nitrogens with zero attached hydrogens (tertiary/aromatic N) is 2. The minimum absolute atomic E-state index is 0.690. The van der Waals surface area contributed by atoms with Crippen LogP contribution in [0.1, 0.15) is 50.4 Å². The Kier molecular flexibility index (Phi) is 4.84. The fraction of sp³-hybridized carbons (Fsp3) is 0.786. The summed E-state index contributed by atoms with van der Waals surface area (Å²) in [6.07, 6.45) is 6.78. The van der Waals surface area contributed by atoms with Gasteiger partial charge in [0.15, 0.2) is 0 Å². The lowest BCUT2D eigenvalue weighted by atomic mass is 9.84. The van der Waals surface area contributed by atoms with Crippen molar-refractivity contribution in [1.29, 1.82) is 0 Å². The van der Waals surface area contributed by atoms with Gasteiger partial charge in [-0.3, -0.25) is 4.68 Å². The summed E-state index contributed by atoms with van der Waals surface area (Å²) in [5.74, 6) is 0.966. The van der Waals surface area contributed by atoms with E-state index in [4.69, 9.17) is 0 Å². The van der Waals surface area contributed by atoms with Crippen molar-refractivity contribution in [2.45, 2.75) is 58.5 Å². The van der Waals surface area contributed by atoms with Crippen molar-refractivity contribution in [1.82, 2.24) is 15.1 Å². The summed E-state index contributed by atoms with van der Waals surface area (Å²) in [5.41, 5.74) is 2.33. The first-order valence-electron chi connectivity index (χ1n) is 7.03. The van der Waals surface area contributed by atoms with E-state index >= 15 is 0 Å². The van der Waals surface area contributed by atoms with Gasteiger partial charge in [-0.15, -0.1) is 0 Å². The zero-order chi connectivity index (χ0) is 13.1. The van der Waals surface area contributed by atoms with Crippen molar-refractivity contribution in [3.05, 3.63) is 15.9 Å². The Hall–Kier alpha value is -0.350. The molecule has 0 bridgehead atoms. The lowest BCUT2D eigenvalue weighted by molar-refractivity contribution is 0.284. The Labute approximate surface area is 118 Å². The average Bonchev–Trinajstić information content (AvgIpc) is 2.62. The Morgan fingerprint density at radius 3 is 2.50 bits per heavy atom. The number of halogens is 1. The van der Waals surface area contributed by atoms with Crippen LogP contribution in [0, 0.1) is 12.8 Å². The van der Waals surface area contributed by atoms with E-state index in [0.29, 0.717) is 6.04 Å². The van der Waals surface area contributed by atoms with Crippen LogP contribution in [-0.2, 0) is 13.6 Å². The minimum Gasteiger partial charge on any atom is -0.308 e. The molecule has 1 aliphatic rings. The van der Waals surface area contributed by atoms with E-state index in [-0.39, 0.29) is 0 Å². The van der Waals surface area contributed by atoms with Crippen molar-refractivity contribution >= 4 is 15.9 Å². The lowest BCUT2D eigenvalue weighted by Gasteiger charge is -2.28. The zero-order valence-electron chi connectivity index (χ0n) is 11.7. The van der Waals surface area contributed by atoms with Gasteiger partial charge in [0.05, 0.1) is 15.9 Å². The number of hydrogen-bond donors (Lipinski definition) is 1. The van der Waals surface area contributed by atoms with Crippen LogP contribution in [0.4, 0.5) is 0 Å². The van der Waals surface area contributed by atoms with Crippen LogP contribution in [-0.4, -0.2) is 15.8 Å². The van der Waals surface area contributed by atoms with Crippen molar-refractivity contribution < 1.29 is 0 Å². The van der Waals surface area contributed by atoms with E-state index in [9.17, 15) is 0 Å². The van der Waals surface area contributed by atoms with Crippen LogP contribution in [0.2, 0.25) is 0 Å². The van der Waals surface area contributed by atoms with E-state index in [2.05, 4.69) is 33.3 Å². The van der Waals surface area contributed by atoms with Gasteiger partial charge in [-0.05, 0) is 54.5 Å². The van der Waals surface area contributed by atoms with Crippen molar-refractivity contribution in [2.24, 2.45) is 13.0 Å². The van der Waals surface area contributed by atoms with Gasteiger partial charge in [0, 0.05) is 19.6 Å². The summed E-state index contributed by atoms with van der Waals surface area (Å²) in [6.45, 7) is 5.27. The molecule has 2 rings (SSSR count). The molecule has 0 saturated heterocycles. The maximum Gasteiger partial charge on any atom is 0.0739 e. The highest BCUT2D eigenvalue weighted by Gasteiger charge is 2.20. The minimum atomic E-state index is 0.690. The van der Waals surface area contributed by atoms with E-state index in [1.165, 1.54) is 37.8 Å². The molecule has 0 unspecified atom stereocenters. The number of nitrogens with one attached hydrogen (secondary N) is 1. The molecule has 1 heterocycles. The SMILES string of the molecule is CCC1CCC(NCc2c(Br)c(C)nn2C)CC1. The van der Waals surface area contributed by atoms with Gasteiger partial charge in [-0.1, -0.05) is 13.3 Å². The molecule has 1 fully saturated rings. The molecule has 0 aromatic carbocycles. The van der Waals surface area contributed by atoms with Crippen LogP contribution in [0.3, 0.4) is 0 Å². The topological polar surface area (TPSA) is 29.9 Å². The Morgan fingerprint density at radius 2 is 2.00 bits per heavy atom. The second-order valence-electron chi connectivity index (χ2n) is 5.48. The molecular weight excluding hydrogens is 290 g/mol. The summed E-state index contributed by atoms with van der Waals surface area (Å²) in [6, 6.07) is 0.690. The number of hydrogen-bond acceptors (Lipinski definition) is 2. The molecule has 102 valence electrons. The maximum absolute atomic E-state index is 4.43. The normalized spacial score (nSPS) is 24.4. The smallest absolute Gasteiger partial charge is 0.0739 e. The number of rotatable bonds is 4. The number of aryl methyl sites for hydroxylation is 2. The van der Waals surface area contributed by atoms with Crippen molar-refractivity contribution in [3.8, 4) is 0 Å². The van der Waals surface area contributed by atoms with Gasteiger partial charge in [0.2, 0.25) is 0 Å². The predicted octanol–water partition coefficient (Wildman–Crippen LogP) is 3.55. The first-order valence-corrected chi connectivity index (χ1v) is 7.82. The van der Waals surface area contributed by atoms with Crippen molar-refractivity contribution in [2.75, 3.05) is 0 Å². The summed E-state index contributed by atoms with van der Waals surface area (Å²) in [7, 11) is 2.02. The molecule has 1 saturated carbocycles. The van der Waals surface area contributed by atoms with E-state index < -0.39 is 0 Å². The maximum atomic E-state index is 4.43. The van der Waals surface area contributed by atoms with Crippen LogP contribution in [0.5, 0.6) is 0 Å². The average molecular weight is 314 g/mol. The quantitative estimate of drug-likeness (QED) is 0.921. The highest BCUT2D eigenvalue weighted by atomic mass is 79.9. The fourth-order valence-corrected chi connectivity index (χ4v) is 3.36. The highest BCUT2D eigenvalue weighted by molar-refractivity contribution is 9.10. The summed E-state index contributed by atoms with van der Waals surface area (Å²) in [4.78, 5) is 0. The monoisotopic (exact) mass is 313 g/mol. The molecule has 4 heteroatoms. The Balaban J connectivity index is 1.85. The molecule has 0 atom stereocenters. The third-order valence-corrected chi connectivity index (χ3v) is 5.28. The first kappa shape index (κ1) is 14.1. The summed E-state index contributed by atoms with van der Waals surface area (Å²) in [5, 5.41) is 8.12. The molecule has 3 nitrogen and oxygen atoms in total. The predicted molar refractivity (Wildman–Crippen MR) is 78.5 cm³/mol. The molecule has 1 aliphatic carbocycles. The summed E-state index contributed by atoms with van der Waals surface area (Å²) >= 11 is 3.62. The zero-order valence-corrected chi connectivity index (χ0v) is 13.3. The van der Waals surface area contributed by atoms with Gasteiger partial charge in [-0.2, -0.15) is 5.10 Å². The second-order valence-corrected chi connectivity index (χ2v) is 6.27. The van der Waals surface area contributed by atoms with Gasteiger partial charge in [-0.25, -0.2) is 0 Å². The van der Waals surface area contributed by atoms with Gasteiger partial charge < -0.3 is 5.32 Å². The fourth-order valence-electron chi connectivity index (χ4n) is 2.89. The lowest BCUT2D eigenvalue weighted by Crippen LogP contribution is -2.33. The third kappa shape index (κ3) is 3.15. The van der Waals surface area contributed by atoms with Crippen LogP contribution in [0.15, 0.2) is 4.47 Å². The van der Waals surface area contributed by atoms with Crippen LogP contribution >= 0.6 is 15.9 Å². The Bertz CT molecular complexity index is 392. The van der Waals surface area contributed by atoms with Gasteiger partial charge in [0.1, 0.15) is 0 Å². The molecule has 1 aromatic rings. The molecule has 1 aromatic heterocycles. The molecule has 18 heavy (non-hydrogen) atoms. The molecular formula is C14H24BrN3. The van der Waals surface area contributed by atoms with E-state index in [0.717, 1.165) is 22.6 Å². The van der Waals surface area contributed by atoms with Gasteiger partial charge >= 0.3 is 0 Å². The molecule has 1 N–H and O–H groups in total. The molecule has 0 aliphatic heterocycles. The first-order chi connectivity index (χ1) is 8.61. The van der Waals surface area contributed by atoms with Gasteiger partial charge in [0.25, 0.3) is 0 Å². The third-order valence-electron chi connectivity index (χ3n) is 4.24. The standard InChI is InChI=1S/C14H24BrN3/c1-4-11-5-7-12(8-6-11)16-9-13-14(15)10(2)17-18(13)3/h11-12,16H,4-9H2,1-3H3. The van der Waals surface area contributed by atoms with Crippen LogP contribution < -0.4 is 5.32 Å². The summed E-state index contributed by atoms with van der Waals surface area (Å²) < 4.78 is 3.13.